The number of hydrogen-bond acceptors (Lipinski definition) is 5. The molecule has 1 heterocycles. The summed E-state index contributed by atoms with van der Waals surface area (Å²) in [5.74, 6) is 2.08. The zero-order valence-corrected chi connectivity index (χ0v) is 12.4. The van der Waals surface area contributed by atoms with Crippen LogP contribution in [0.4, 0.5) is 11.9 Å². The van der Waals surface area contributed by atoms with Gasteiger partial charge in [-0.1, -0.05) is 25.7 Å². The van der Waals surface area contributed by atoms with Gasteiger partial charge in [-0.15, -0.1) is 0 Å². The Labute approximate surface area is 119 Å². The molecule has 0 bridgehead atoms. The number of rotatable bonds is 6. The molecule has 2 rings (SSSR count). The molecule has 0 unspecified atom stereocenters. The number of nitrogens with one attached hydrogen (secondary N) is 1. The summed E-state index contributed by atoms with van der Waals surface area (Å²) in [7, 11) is 3.77. The fourth-order valence-corrected chi connectivity index (χ4v) is 2.66. The maximum atomic E-state index is 5.88. The standard InChI is InChI=1S/C13H22ClN5/c1-19(2)13-17-11(14)16-12(18-13)15-9-5-8-10-6-3-4-7-10/h10H,3-9H2,1-2H3,(H,15,16,17,18). The van der Waals surface area contributed by atoms with Gasteiger partial charge in [0.25, 0.3) is 0 Å². The molecule has 0 aliphatic heterocycles. The second kappa shape index (κ2) is 6.89. The lowest BCUT2D eigenvalue weighted by Crippen LogP contribution is -2.15. The van der Waals surface area contributed by atoms with Crippen LogP contribution in [0.15, 0.2) is 0 Å². The van der Waals surface area contributed by atoms with Crippen LogP contribution in [0.5, 0.6) is 0 Å². The topological polar surface area (TPSA) is 53.9 Å². The first-order valence-electron chi connectivity index (χ1n) is 6.98. The fraction of sp³-hybridized carbons (Fsp3) is 0.769. The average molecular weight is 284 g/mol. The Balaban J connectivity index is 1.78. The van der Waals surface area contributed by atoms with Crippen LogP contribution >= 0.6 is 11.6 Å². The first-order valence-corrected chi connectivity index (χ1v) is 7.35. The van der Waals surface area contributed by atoms with Crippen molar-refractivity contribution in [3.63, 3.8) is 0 Å². The molecular weight excluding hydrogens is 262 g/mol. The van der Waals surface area contributed by atoms with E-state index < -0.39 is 0 Å². The van der Waals surface area contributed by atoms with E-state index in [0.717, 1.165) is 18.9 Å². The minimum atomic E-state index is 0.233. The fourth-order valence-electron chi connectivity index (χ4n) is 2.51. The van der Waals surface area contributed by atoms with Crippen LogP contribution in [-0.4, -0.2) is 35.6 Å². The second-order valence-corrected chi connectivity index (χ2v) is 5.68. The molecule has 19 heavy (non-hydrogen) atoms. The Hall–Kier alpha value is -1.10. The summed E-state index contributed by atoms with van der Waals surface area (Å²) in [6, 6.07) is 0. The Morgan fingerprint density at radius 2 is 1.95 bits per heavy atom. The van der Waals surface area contributed by atoms with E-state index in [1.807, 2.05) is 19.0 Å². The monoisotopic (exact) mass is 283 g/mol. The van der Waals surface area contributed by atoms with E-state index in [4.69, 9.17) is 11.6 Å². The third-order valence-corrected chi connectivity index (χ3v) is 3.71. The van der Waals surface area contributed by atoms with Gasteiger partial charge in [0.15, 0.2) is 0 Å². The van der Waals surface area contributed by atoms with E-state index in [1.165, 1.54) is 32.1 Å². The molecule has 0 amide bonds. The summed E-state index contributed by atoms with van der Waals surface area (Å²) in [5, 5.41) is 3.46. The summed E-state index contributed by atoms with van der Waals surface area (Å²) in [5.41, 5.74) is 0. The van der Waals surface area contributed by atoms with E-state index in [-0.39, 0.29) is 5.28 Å². The molecule has 6 heteroatoms. The zero-order chi connectivity index (χ0) is 13.7. The van der Waals surface area contributed by atoms with Crippen LogP contribution in [0.3, 0.4) is 0 Å². The van der Waals surface area contributed by atoms with E-state index in [2.05, 4.69) is 20.3 Å². The third kappa shape index (κ3) is 4.49. The normalized spacial score (nSPS) is 15.7. The molecule has 106 valence electrons. The van der Waals surface area contributed by atoms with Crippen molar-refractivity contribution in [3.8, 4) is 0 Å². The predicted octanol–water partition coefficient (Wildman–Crippen LogP) is 2.97. The van der Waals surface area contributed by atoms with Gasteiger partial charge in [-0.05, 0) is 30.4 Å². The molecular formula is C13H22ClN5. The van der Waals surface area contributed by atoms with Crippen molar-refractivity contribution >= 4 is 23.5 Å². The van der Waals surface area contributed by atoms with Gasteiger partial charge in [0.2, 0.25) is 17.2 Å². The largest absolute Gasteiger partial charge is 0.354 e. The molecule has 1 aromatic rings. The first-order chi connectivity index (χ1) is 9.15. The molecule has 0 aromatic carbocycles. The summed E-state index contributed by atoms with van der Waals surface area (Å²) in [6.45, 7) is 0.893. The second-order valence-electron chi connectivity index (χ2n) is 5.34. The van der Waals surface area contributed by atoms with Crippen molar-refractivity contribution in [1.82, 2.24) is 15.0 Å². The van der Waals surface area contributed by atoms with Gasteiger partial charge in [0.05, 0.1) is 0 Å². The van der Waals surface area contributed by atoms with Gasteiger partial charge in [-0.2, -0.15) is 15.0 Å². The SMILES string of the molecule is CN(C)c1nc(Cl)nc(NCCCC2CCCC2)n1. The zero-order valence-electron chi connectivity index (χ0n) is 11.7. The lowest BCUT2D eigenvalue weighted by atomic mass is 10.0. The molecule has 1 aromatic heterocycles. The maximum Gasteiger partial charge on any atom is 0.230 e. The number of hydrogen-bond donors (Lipinski definition) is 1. The van der Waals surface area contributed by atoms with Crippen LogP contribution in [0.25, 0.3) is 0 Å². The minimum absolute atomic E-state index is 0.233. The highest BCUT2D eigenvalue weighted by Gasteiger charge is 2.14. The van der Waals surface area contributed by atoms with Gasteiger partial charge in [0, 0.05) is 20.6 Å². The van der Waals surface area contributed by atoms with Crippen LogP contribution in [0.2, 0.25) is 5.28 Å². The highest BCUT2D eigenvalue weighted by molar-refractivity contribution is 6.28. The lowest BCUT2D eigenvalue weighted by Gasteiger charge is -2.12. The Morgan fingerprint density at radius 3 is 2.63 bits per heavy atom. The van der Waals surface area contributed by atoms with Crippen molar-refractivity contribution < 1.29 is 0 Å². The van der Waals surface area contributed by atoms with Gasteiger partial charge in [-0.25, -0.2) is 0 Å². The number of nitrogens with zero attached hydrogens (tertiary/aromatic N) is 4. The number of anilines is 2. The first kappa shape index (κ1) is 14.3. The average Bonchev–Trinajstić information content (AvgIpc) is 2.87. The maximum absolute atomic E-state index is 5.88. The van der Waals surface area contributed by atoms with Crippen LogP contribution in [-0.2, 0) is 0 Å². The highest BCUT2D eigenvalue weighted by Crippen LogP contribution is 2.28. The summed E-state index contributed by atoms with van der Waals surface area (Å²) >= 11 is 5.88. The molecule has 1 fully saturated rings. The Bertz CT molecular complexity index is 404. The quantitative estimate of drug-likeness (QED) is 0.814. The van der Waals surface area contributed by atoms with Crippen molar-refractivity contribution in [1.29, 1.82) is 0 Å². The van der Waals surface area contributed by atoms with Crippen molar-refractivity contribution in [2.24, 2.45) is 5.92 Å². The van der Waals surface area contributed by atoms with Crippen molar-refractivity contribution in [2.75, 3.05) is 30.9 Å². The molecule has 1 N–H and O–H groups in total. The van der Waals surface area contributed by atoms with Gasteiger partial charge >= 0.3 is 0 Å². The smallest absolute Gasteiger partial charge is 0.230 e. The molecule has 5 nitrogen and oxygen atoms in total. The van der Waals surface area contributed by atoms with E-state index in [1.54, 1.807) is 0 Å². The summed E-state index contributed by atoms with van der Waals surface area (Å²) in [4.78, 5) is 14.3. The van der Waals surface area contributed by atoms with Crippen LogP contribution in [0.1, 0.15) is 38.5 Å². The van der Waals surface area contributed by atoms with Crippen molar-refractivity contribution in [2.45, 2.75) is 38.5 Å². The third-order valence-electron chi connectivity index (χ3n) is 3.54. The van der Waals surface area contributed by atoms with E-state index in [9.17, 15) is 0 Å². The van der Waals surface area contributed by atoms with E-state index in [0.29, 0.717) is 11.9 Å². The van der Waals surface area contributed by atoms with Crippen LogP contribution in [0, 0.1) is 5.92 Å². The molecule has 0 spiro atoms. The molecule has 1 aliphatic rings. The Kier molecular flexibility index (Phi) is 5.19. The Morgan fingerprint density at radius 1 is 1.21 bits per heavy atom. The van der Waals surface area contributed by atoms with Gasteiger partial charge in [-0.3, -0.25) is 0 Å². The molecule has 1 saturated carbocycles. The van der Waals surface area contributed by atoms with Crippen molar-refractivity contribution in [3.05, 3.63) is 5.28 Å². The predicted molar refractivity (Wildman–Crippen MR) is 78.8 cm³/mol. The minimum Gasteiger partial charge on any atom is -0.354 e. The summed E-state index contributed by atoms with van der Waals surface area (Å²) in [6.07, 6.45) is 8.09. The molecule has 0 atom stereocenters. The number of aromatic nitrogens is 3. The van der Waals surface area contributed by atoms with E-state index >= 15 is 0 Å². The lowest BCUT2D eigenvalue weighted by molar-refractivity contribution is 0.491. The molecule has 0 radical (unpaired) electrons. The highest BCUT2D eigenvalue weighted by atomic mass is 35.5. The summed E-state index contributed by atoms with van der Waals surface area (Å²) < 4.78 is 0. The number of halogens is 1. The van der Waals surface area contributed by atoms with Gasteiger partial charge in [0.1, 0.15) is 0 Å². The van der Waals surface area contributed by atoms with Gasteiger partial charge < -0.3 is 10.2 Å². The molecule has 1 aliphatic carbocycles. The van der Waals surface area contributed by atoms with Crippen LogP contribution < -0.4 is 10.2 Å². The molecule has 0 saturated heterocycles.